The highest BCUT2D eigenvalue weighted by Gasteiger charge is 2.05. The molecule has 18 heavy (non-hydrogen) atoms. The van der Waals surface area contributed by atoms with Crippen LogP contribution in [0.2, 0.25) is 10.0 Å². The van der Waals surface area contributed by atoms with Gasteiger partial charge in [-0.1, -0.05) is 50.0 Å². The lowest BCUT2D eigenvalue weighted by Crippen LogP contribution is -2.24. The zero-order chi connectivity index (χ0) is 13.8. The molecule has 0 unspecified atom stereocenters. The average Bonchev–Trinajstić information content (AvgIpc) is 2.21. The predicted molar refractivity (Wildman–Crippen MR) is 77.2 cm³/mol. The first kappa shape index (κ1) is 14.9. The van der Waals surface area contributed by atoms with Gasteiger partial charge < -0.3 is 10.6 Å². The first-order valence-corrected chi connectivity index (χ1v) is 6.24. The number of urea groups is 1. The number of allylic oxidation sites excluding steroid dienone is 1. The number of hydrogen-bond donors (Lipinski definition) is 2. The summed E-state index contributed by atoms with van der Waals surface area (Å²) in [6.07, 6.45) is 3.52. The lowest BCUT2D eigenvalue weighted by atomic mass is 9.97. The number of rotatable bonds is 2. The number of hydrogen-bond acceptors (Lipinski definition) is 1. The van der Waals surface area contributed by atoms with Crippen molar-refractivity contribution in [1.29, 1.82) is 0 Å². The molecule has 0 saturated heterocycles. The van der Waals surface area contributed by atoms with E-state index in [2.05, 4.69) is 10.6 Å². The zero-order valence-corrected chi connectivity index (χ0v) is 12.1. The lowest BCUT2D eigenvalue weighted by molar-refractivity contribution is 0.255. The summed E-state index contributed by atoms with van der Waals surface area (Å²) >= 11 is 11.6. The molecule has 1 aromatic rings. The summed E-state index contributed by atoms with van der Waals surface area (Å²) in [7, 11) is 0. The molecule has 0 heterocycles. The van der Waals surface area contributed by atoms with Crippen molar-refractivity contribution in [1.82, 2.24) is 5.32 Å². The molecule has 0 aliphatic rings. The van der Waals surface area contributed by atoms with Crippen molar-refractivity contribution in [2.75, 3.05) is 5.32 Å². The molecular formula is C13H16Cl2N2O. The minimum absolute atomic E-state index is 0.0247. The number of nitrogens with one attached hydrogen (secondary N) is 2. The quantitative estimate of drug-likeness (QED) is 0.815. The highest BCUT2D eigenvalue weighted by atomic mass is 35.5. The second kappa shape index (κ2) is 6.12. The maximum absolute atomic E-state index is 11.5. The fourth-order valence-electron chi connectivity index (χ4n) is 1.11. The van der Waals surface area contributed by atoms with Gasteiger partial charge in [-0.15, -0.1) is 0 Å². The zero-order valence-electron chi connectivity index (χ0n) is 10.6. The maximum atomic E-state index is 11.5. The van der Waals surface area contributed by atoms with E-state index in [-0.39, 0.29) is 11.4 Å². The third-order valence-corrected chi connectivity index (χ3v) is 2.71. The summed E-state index contributed by atoms with van der Waals surface area (Å²) in [5.74, 6) is 0. The molecule has 0 aromatic heterocycles. The molecule has 3 nitrogen and oxygen atoms in total. The van der Waals surface area contributed by atoms with Crippen LogP contribution in [0.4, 0.5) is 10.5 Å². The Labute approximate surface area is 117 Å². The van der Waals surface area contributed by atoms with E-state index >= 15 is 0 Å². The molecule has 2 amide bonds. The van der Waals surface area contributed by atoms with Gasteiger partial charge in [0.2, 0.25) is 0 Å². The molecule has 0 radical (unpaired) electrons. The predicted octanol–water partition coefficient (Wildman–Crippen LogP) is 4.67. The molecule has 1 aromatic carbocycles. The highest BCUT2D eigenvalue weighted by Crippen LogP contribution is 2.24. The van der Waals surface area contributed by atoms with E-state index in [1.54, 1.807) is 24.4 Å². The topological polar surface area (TPSA) is 41.1 Å². The minimum Gasteiger partial charge on any atom is -0.315 e. The van der Waals surface area contributed by atoms with Crippen LogP contribution in [0, 0.1) is 5.41 Å². The van der Waals surface area contributed by atoms with Crippen molar-refractivity contribution in [2.24, 2.45) is 5.41 Å². The Bertz CT molecular complexity index is 465. The van der Waals surface area contributed by atoms with Crippen LogP contribution in [0.3, 0.4) is 0 Å². The Hall–Kier alpha value is -1.19. The number of anilines is 1. The fraction of sp³-hybridized carbons (Fsp3) is 0.308. The monoisotopic (exact) mass is 286 g/mol. The molecule has 5 heteroatoms. The third-order valence-electron chi connectivity index (χ3n) is 1.98. The van der Waals surface area contributed by atoms with E-state index in [0.29, 0.717) is 15.7 Å². The van der Waals surface area contributed by atoms with Crippen LogP contribution in [0.1, 0.15) is 20.8 Å². The van der Waals surface area contributed by atoms with E-state index in [0.717, 1.165) is 0 Å². The molecule has 0 aliphatic carbocycles. The number of carbonyl (C=O) groups excluding carboxylic acids is 1. The Morgan fingerprint density at radius 1 is 1.22 bits per heavy atom. The second-order valence-corrected chi connectivity index (χ2v) is 5.74. The van der Waals surface area contributed by atoms with Crippen LogP contribution < -0.4 is 10.6 Å². The summed E-state index contributed by atoms with van der Waals surface area (Å²) in [6, 6.07) is 4.58. The molecule has 0 spiro atoms. The normalized spacial score (nSPS) is 11.6. The Morgan fingerprint density at radius 3 is 2.44 bits per heavy atom. The van der Waals surface area contributed by atoms with Crippen LogP contribution in [0.5, 0.6) is 0 Å². The van der Waals surface area contributed by atoms with Crippen molar-refractivity contribution in [2.45, 2.75) is 20.8 Å². The van der Waals surface area contributed by atoms with Crippen LogP contribution in [0.25, 0.3) is 0 Å². The Kier molecular flexibility index (Phi) is 5.05. The molecule has 0 fully saturated rings. The summed E-state index contributed by atoms with van der Waals surface area (Å²) in [5, 5.41) is 6.12. The summed E-state index contributed by atoms with van der Waals surface area (Å²) in [6.45, 7) is 6.13. The SMILES string of the molecule is CC(C)(C)/C=C/NC(=O)Nc1ccc(Cl)c(Cl)c1. The lowest BCUT2D eigenvalue weighted by Gasteiger charge is -2.11. The van der Waals surface area contributed by atoms with Crippen molar-refractivity contribution >= 4 is 34.9 Å². The van der Waals surface area contributed by atoms with E-state index in [1.807, 2.05) is 26.8 Å². The molecule has 98 valence electrons. The van der Waals surface area contributed by atoms with Crippen molar-refractivity contribution in [3.05, 3.63) is 40.5 Å². The van der Waals surface area contributed by atoms with Crippen molar-refractivity contribution in [3.8, 4) is 0 Å². The van der Waals surface area contributed by atoms with Crippen LogP contribution in [0.15, 0.2) is 30.5 Å². The smallest absolute Gasteiger partial charge is 0.315 e. The molecule has 0 saturated carbocycles. The van der Waals surface area contributed by atoms with Crippen molar-refractivity contribution < 1.29 is 4.79 Å². The number of benzene rings is 1. The Morgan fingerprint density at radius 2 is 1.89 bits per heavy atom. The molecule has 0 aliphatic heterocycles. The molecule has 0 bridgehead atoms. The fourth-order valence-corrected chi connectivity index (χ4v) is 1.41. The van der Waals surface area contributed by atoms with E-state index in [4.69, 9.17) is 23.2 Å². The minimum atomic E-state index is -0.325. The number of amides is 2. The van der Waals surface area contributed by atoms with Crippen molar-refractivity contribution in [3.63, 3.8) is 0 Å². The van der Waals surface area contributed by atoms with E-state index in [9.17, 15) is 4.79 Å². The summed E-state index contributed by atoms with van der Waals surface area (Å²) in [4.78, 5) is 11.5. The van der Waals surface area contributed by atoms with Crippen LogP contribution in [-0.2, 0) is 0 Å². The second-order valence-electron chi connectivity index (χ2n) is 4.93. The highest BCUT2D eigenvalue weighted by molar-refractivity contribution is 6.42. The molecular weight excluding hydrogens is 271 g/mol. The van der Waals surface area contributed by atoms with Gasteiger partial charge >= 0.3 is 6.03 Å². The first-order valence-electron chi connectivity index (χ1n) is 5.48. The van der Waals surface area contributed by atoms with Gasteiger partial charge in [-0.05, 0) is 23.6 Å². The maximum Gasteiger partial charge on any atom is 0.323 e. The summed E-state index contributed by atoms with van der Waals surface area (Å²) < 4.78 is 0. The number of halogens is 2. The third kappa shape index (κ3) is 5.43. The van der Waals surface area contributed by atoms with Gasteiger partial charge in [-0.3, -0.25) is 0 Å². The van der Waals surface area contributed by atoms with Gasteiger partial charge in [-0.25, -0.2) is 4.79 Å². The van der Waals surface area contributed by atoms with Crippen LogP contribution in [-0.4, -0.2) is 6.03 Å². The van der Waals surface area contributed by atoms with Gasteiger partial charge in [0.25, 0.3) is 0 Å². The van der Waals surface area contributed by atoms with E-state index < -0.39 is 0 Å². The van der Waals surface area contributed by atoms with Gasteiger partial charge in [-0.2, -0.15) is 0 Å². The Balaban J connectivity index is 2.55. The summed E-state index contributed by atoms with van der Waals surface area (Å²) in [5.41, 5.74) is 0.614. The molecule has 2 N–H and O–H groups in total. The molecule has 1 rings (SSSR count). The van der Waals surface area contributed by atoms with Crippen LogP contribution >= 0.6 is 23.2 Å². The molecule has 0 atom stereocenters. The van der Waals surface area contributed by atoms with Gasteiger partial charge in [0.15, 0.2) is 0 Å². The largest absolute Gasteiger partial charge is 0.323 e. The van der Waals surface area contributed by atoms with Gasteiger partial charge in [0.1, 0.15) is 0 Å². The average molecular weight is 287 g/mol. The standard InChI is InChI=1S/C13H16Cl2N2O/c1-13(2,3)6-7-16-12(18)17-9-4-5-10(14)11(15)8-9/h4-8H,1-3H3,(H2,16,17,18)/b7-6+. The number of carbonyl (C=O) groups is 1. The van der Waals surface area contributed by atoms with Gasteiger partial charge in [0.05, 0.1) is 10.0 Å². The first-order chi connectivity index (χ1) is 8.28. The van der Waals surface area contributed by atoms with E-state index in [1.165, 1.54) is 0 Å². The van der Waals surface area contributed by atoms with Gasteiger partial charge in [0, 0.05) is 11.9 Å².